The van der Waals surface area contributed by atoms with Crippen molar-refractivity contribution >= 4 is 32.6 Å². The van der Waals surface area contributed by atoms with Crippen molar-refractivity contribution in [2.75, 3.05) is 45.3 Å². The van der Waals surface area contributed by atoms with E-state index in [1.807, 2.05) is 38.4 Å². The molecule has 1 aromatic heterocycles. The van der Waals surface area contributed by atoms with Gasteiger partial charge in [0, 0.05) is 12.1 Å². The number of hydrogen-bond donors (Lipinski definition) is 0. The van der Waals surface area contributed by atoms with Gasteiger partial charge in [0.2, 0.25) is 0 Å². The highest BCUT2D eigenvalue weighted by Gasteiger charge is 2.23. The zero-order valence-electron chi connectivity index (χ0n) is 16.1. The van der Waals surface area contributed by atoms with Crippen molar-refractivity contribution in [2.24, 2.45) is 0 Å². The van der Waals surface area contributed by atoms with Gasteiger partial charge in [-0.05, 0) is 57.4 Å². The highest BCUT2D eigenvalue weighted by Crippen LogP contribution is 2.33. The highest BCUT2D eigenvalue weighted by atomic mass is 32.1. The van der Waals surface area contributed by atoms with Crippen molar-refractivity contribution in [3.8, 4) is 11.5 Å². The lowest BCUT2D eigenvalue weighted by atomic mass is 10.1. The minimum Gasteiger partial charge on any atom is -0.486 e. The Morgan fingerprint density at radius 2 is 1.86 bits per heavy atom. The molecule has 0 fully saturated rings. The zero-order chi connectivity index (χ0) is 19.5. The standard InChI is InChI=1S/C21H23N3O3S/c1-23(2)10-5-11-24(21-22-16-6-3-4-7-19(16)28-21)20(25)15-8-9-17-18(14-15)27-13-12-26-17/h3-4,6-9,14H,5,10-13H2,1-2H3. The van der Waals surface area contributed by atoms with Crippen molar-refractivity contribution in [3.05, 3.63) is 48.0 Å². The molecule has 3 aromatic rings. The normalized spacial score (nSPS) is 13.1. The number of para-hydroxylation sites is 1. The topological polar surface area (TPSA) is 54.9 Å². The van der Waals surface area contributed by atoms with E-state index in [1.165, 1.54) is 0 Å². The number of hydrogen-bond acceptors (Lipinski definition) is 6. The molecule has 1 aliphatic rings. The van der Waals surface area contributed by atoms with Gasteiger partial charge < -0.3 is 14.4 Å². The number of thiazole rings is 1. The molecule has 0 atom stereocenters. The maximum atomic E-state index is 13.4. The van der Waals surface area contributed by atoms with Crippen LogP contribution in [0.15, 0.2) is 42.5 Å². The van der Waals surface area contributed by atoms with Gasteiger partial charge in [-0.3, -0.25) is 9.69 Å². The van der Waals surface area contributed by atoms with Gasteiger partial charge in [0.15, 0.2) is 16.6 Å². The molecule has 0 saturated carbocycles. The maximum Gasteiger partial charge on any atom is 0.260 e. The third kappa shape index (κ3) is 3.95. The first-order valence-electron chi connectivity index (χ1n) is 9.33. The van der Waals surface area contributed by atoms with Crippen molar-refractivity contribution in [1.29, 1.82) is 0 Å². The number of benzene rings is 2. The van der Waals surface area contributed by atoms with Gasteiger partial charge >= 0.3 is 0 Å². The summed E-state index contributed by atoms with van der Waals surface area (Å²) in [4.78, 5) is 22.0. The van der Waals surface area contributed by atoms with Crippen LogP contribution in [0.1, 0.15) is 16.8 Å². The molecule has 4 rings (SSSR count). The van der Waals surface area contributed by atoms with Crippen LogP contribution in [0, 0.1) is 0 Å². The van der Waals surface area contributed by atoms with Crippen molar-refractivity contribution in [2.45, 2.75) is 6.42 Å². The lowest BCUT2D eigenvalue weighted by molar-refractivity contribution is 0.0984. The molecule has 146 valence electrons. The second kappa shape index (κ2) is 8.16. The van der Waals surface area contributed by atoms with Gasteiger partial charge in [-0.2, -0.15) is 0 Å². The molecule has 1 amide bonds. The molecular formula is C21H23N3O3S. The van der Waals surface area contributed by atoms with Crippen LogP contribution in [0.25, 0.3) is 10.2 Å². The number of amides is 1. The Hall–Kier alpha value is -2.64. The summed E-state index contributed by atoms with van der Waals surface area (Å²) < 4.78 is 12.3. The highest BCUT2D eigenvalue weighted by molar-refractivity contribution is 7.22. The van der Waals surface area contributed by atoms with Crippen molar-refractivity contribution in [3.63, 3.8) is 0 Å². The molecule has 6 nitrogen and oxygen atoms in total. The van der Waals surface area contributed by atoms with E-state index in [2.05, 4.69) is 4.90 Å². The number of ether oxygens (including phenoxy) is 2. The molecule has 0 bridgehead atoms. The Kier molecular flexibility index (Phi) is 5.45. The third-order valence-electron chi connectivity index (χ3n) is 4.53. The Morgan fingerprint density at radius 3 is 2.64 bits per heavy atom. The molecule has 28 heavy (non-hydrogen) atoms. The van der Waals surface area contributed by atoms with Crippen LogP contribution >= 0.6 is 11.3 Å². The van der Waals surface area contributed by atoms with Crippen LogP contribution in [0.2, 0.25) is 0 Å². The summed E-state index contributed by atoms with van der Waals surface area (Å²) in [6.07, 6.45) is 0.860. The lowest BCUT2D eigenvalue weighted by Crippen LogP contribution is -2.33. The Balaban J connectivity index is 1.64. The number of fused-ring (bicyclic) bond motifs is 2. The predicted molar refractivity (Wildman–Crippen MR) is 112 cm³/mol. The summed E-state index contributed by atoms with van der Waals surface area (Å²) in [6, 6.07) is 13.3. The van der Waals surface area contributed by atoms with Crippen LogP contribution in [0.5, 0.6) is 11.5 Å². The van der Waals surface area contributed by atoms with Gasteiger partial charge in [-0.1, -0.05) is 23.5 Å². The lowest BCUT2D eigenvalue weighted by Gasteiger charge is -2.23. The molecule has 0 aliphatic carbocycles. The number of nitrogens with zero attached hydrogens (tertiary/aromatic N) is 3. The number of aromatic nitrogens is 1. The van der Waals surface area contributed by atoms with E-state index in [0.717, 1.165) is 28.3 Å². The predicted octanol–water partition coefficient (Wildman–Crippen LogP) is 3.67. The SMILES string of the molecule is CN(C)CCCN(C(=O)c1ccc2c(c1)OCCO2)c1nc2ccccc2s1. The van der Waals surface area contributed by atoms with Gasteiger partial charge in [0.1, 0.15) is 13.2 Å². The molecule has 0 spiro atoms. The van der Waals surface area contributed by atoms with Gasteiger partial charge in [0.05, 0.1) is 10.2 Å². The Labute approximate surface area is 168 Å². The number of anilines is 1. The summed E-state index contributed by atoms with van der Waals surface area (Å²) >= 11 is 1.54. The Morgan fingerprint density at radius 1 is 1.07 bits per heavy atom. The first-order chi connectivity index (χ1) is 13.6. The smallest absolute Gasteiger partial charge is 0.260 e. The van der Waals surface area contributed by atoms with Gasteiger partial charge in [-0.25, -0.2) is 4.98 Å². The maximum absolute atomic E-state index is 13.4. The summed E-state index contributed by atoms with van der Waals surface area (Å²) in [5.41, 5.74) is 1.49. The second-order valence-corrected chi connectivity index (χ2v) is 7.95. The van der Waals surface area contributed by atoms with Crippen molar-refractivity contribution < 1.29 is 14.3 Å². The van der Waals surface area contributed by atoms with E-state index < -0.39 is 0 Å². The second-order valence-electron chi connectivity index (χ2n) is 6.94. The van der Waals surface area contributed by atoms with Crippen LogP contribution in [0.3, 0.4) is 0 Å². The van der Waals surface area contributed by atoms with Crippen LogP contribution in [0.4, 0.5) is 5.13 Å². The average molecular weight is 398 g/mol. The number of carbonyl (C=O) groups is 1. The molecule has 7 heteroatoms. The fourth-order valence-electron chi connectivity index (χ4n) is 3.14. The molecule has 0 saturated heterocycles. The van der Waals surface area contributed by atoms with E-state index in [0.29, 0.717) is 36.8 Å². The molecule has 1 aliphatic heterocycles. The summed E-state index contributed by atoms with van der Waals surface area (Å²) in [6.45, 7) is 2.53. The number of carbonyl (C=O) groups excluding carboxylic acids is 1. The quantitative estimate of drug-likeness (QED) is 0.635. The van der Waals surface area contributed by atoms with E-state index >= 15 is 0 Å². The van der Waals surface area contributed by atoms with Gasteiger partial charge in [0.25, 0.3) is 5.91 Å². The fraction of sp³-hybridized carbons (Fsp3) is 0.333. The van der Waals surface area contributed by atoms with E-state index in [9.17, 15) is 4.79 Å². The van der Waals surface area contributed by atoms with E-state index in [1.54, 1.807) is 34.4 Å². The van der Waals surface area contributed by atoms with Crippen LogP contribution < -0.4 is 14.4 Å². The minimum atomic E-state index is -0.0743. The largest absolute Gasteiger partial charge is 0.486 e. The van der Waals surface area contributed by atoms with E-state index in [-0.39, 0.29) is 5.91 Å². The summed E-state index contributed by atoms with van der Waals surface area (Å²) in [5, 5.41) is 0.722. The third-order valence-corrected chi connectivity index (χ3v) is 5.59. The minimum absolute atomic E-state index is 0.0743. The molecule has 0 unspecified atom stereocenters. The van der Waals surface area contributed by atoms with E-state index in [4.69, 9.17) is 14.5 Å². The molecule has 0 radical (unpaired) electrons. The zero-order valence-corrected chi connectivity index (χ0v) is 16.9. The monoisotopic (exact) mass is 397 g/mol. The molecule has 0 N–H and O–H groups in total. The first kappa shape index (κ1) is 18.7. The summed E-state index contributed by atoms with van der Waals surface area (Å²) in [5.74, 6) is 1.23. The number of rotatable bonds is 6. The van der Waals surface area contributed by atoms with Crippen LogP contribution in [-0.2, 0) is 0 Å². The summed E-state index contributed by atoms with van der Waals surface area (Å²) in [7, 11) is 4.06. The first-order valence-corrected chi connectivity index (χ1v) is 10.2. The fourth-order valence-corrected chi connectivity index (χ4v) is 4.13. The molecular weight excluding hydrogens is 374 g/mol. The molecule has 2 heterocycles. The van der Waals surface area contributed by atoms with Gasteiger partial charge in [-0.15, -0.1) is 0 Å². The van der Waals surface area contributed by atoms with Crippen LogP contribution in [-0.4, -0.2) is 56.2 Å². The average Bonchev–Trinajstić information content (AvgIpc) is 3.14. The van der Waals surface area contributed by atoms with Crippen molar-refractivity contribution in [1.82, 2.24) is 9.88 Å². The molecule has 2 aromatic carbocycles. The Bertz CT molecular complexity index is 953.